The zero-order valence-electron chi connectivity index (χ0n) is 11.7. The Kier molecular flexibility index (Phi) is 4.31. The Morgan fingerprint density at radius 3 is 2.33 bits per heavy atom. The topological polar surface area (TPSA) is 20.3 Å². The third kappa shape index (κ3) is 3.42. The molecule has 0 aliphatic carbocycles. The lowest BCUT2D eigenvalue weighted by Crippen LogP contribution is -2.27. The Labute approximate surface area is 120 Å². The van der Waals surface area contributed by atoms with Gasteiger partial charge in [0, 0.05) is 13.6 Å². The first kappa shape index (κ1) is 15.1. The molecule has 2 nitrogen and oxygen atoms in total. The summed E-state index contributed by atoms with van der Waals surface area (Å²) >= 11 is 0. The van der Waals surface area contributed by atoms with Gasteiger partial charge >= 0.3 is 0 Å². The molecule has 110 valence electrons. The zero-order chi connectivity index (χ0) is 15.6. The van der Waals surface area contributed by atoms with E-state index in [1.807, 2.05) is 0 Å². The van der Waals surface area contributed by atoms with E-state index in [4.69, 9.17) is 0 Å². The first-order valence-electron chi connectivity index (χ1n) is 6.34. The van der Waals surface area contributed by atoms with Crippen LogP contribution in [0.2, 0.25) is 0 Å². The maximum Gasteiger partial charge on any atom is 0.256 e. The van der Waals surface area contributed by atoms with Crippen LogP contribution in [0.25, 0.3) is 0 Å². The van der Waals surface area contributed by atoms with Crippen molar-refractivity contribution in [2.45, 2.75) is 13.5 Å². The van der Waals surface area contributed by atoms with Gasteiger partial charge in [0.25, 0.3) is 5.91 Å². The molecule has 0 saturated heterocycles. The standard InChI is InChI=1S/C16H14F3NO/c1-10-3-5-13(17)12(7-10)16(21)20(2)9-11-4-6-14(18)15(19)8-11/h3-8H,9H2,1-2H3. The molecular formula is C16H14F3NO. The lowest BCUT2D eigenvalue weighted by Gasteiger charge is -2.18. The van der Waals surface area contributed by atoms with Crippen LogP contribution in [0.3, 0.4) is 0 Å². The molecule has 0 aliphatic rings. The number of benzene rings is 2. The largest absolute Gasteiger partial charge is 0.337 e. The summed E-state index contributed by atoms with van der Waals surface area (Å²) in [6, 6.07) is 7.66. The maximum absolute atomic E-state index is 13.7. The Hall–Kier alpha value is -2.30. The lowest BCUT2D eigenvalue weighted by molar-refractivity contribution is 0.0780. The molecule has 5 heteroatoms. The minimum atomic E-state index is -0.977. The molecule has 0 aliphatic heterocycles. The summed E-state index contributed by atoms with van der Waals surface area (Å²) in [5, 5.41) is 0. The predicted molar refractivity (Wildman–Crippen MR) is 73.3 cm³/mol. The highest BCUT2D eigenvalue weighted by Gasteiger charge is 2.17. The van der Waals surface area contributed by atoms with Crippen LogP contribution in [-0.4, -0.2) is 17.9 Å². The van der Waals surface area contributed by atoms with Gasteiger partial charge in [-0.05, 0) is 36.8 Å². The summed E-state index contributed by atoms with van der Waals surface area (Å²) in [5.41, 5.74) is 1.15. The van der Waals surface area contributed by atoms with Gasteiger partial charge in [-0.15, -0.1) is 0 Å². The molecule has 1 amide bonds. The molecule has 0 aromatic heterocycles. The summed E-state index contributed by atoms with van der Waals surface area (Å²) in [6.07, 6.45) is 0. The molecule has 2 aromatic carbocycles. The van der Waals surface area contributed by atoms with E-state index >= 15 is 0 Å². The minimum absolute atomic E-state index is 0.0416. The molecule has 0 spiro atoms. The van der Waals surface area contributed by atoms with Gasteiger partial charge in [-0.3, -0.25) is 4.79 Å². The lowest BCUT2D eigenvalue weighted by atomic mass is 10.1. The first-order chi connectivity index (χ1) is 9.88. The summed E-state index contributed by atoms with van der Waals surface area (Å²) in [6.45, 7) is 1.81. The molecule has 0 bridgehead atoms. The number of aryl methyl sites for hydroxylation is 1. The molecular weight excluding hydrogens is 279 g/mol. The van der Waals surface area contributed by atoms with Gasteiger partial charge in [-0.25, -0.2) is 13.2 Å². The fourth-order valence-electron chi connectivity index (χ4n) is 1.99. The van der Waals surface area contributed by atoms with Crippen LogP contribution in [0.15, 0.2) is 36.4 Å². The highest BCUT2D eigenvalue weighted by atomic mass is 19.2. The zero-order valence-corrected chi connectivity index (χ0v) is 11.7. The van der Waals surface area contributed by atoms with Crippen molar-refractivity contribution in [3.8, 4) is 0 Å². The Morgan fingerprint density at radius 2 is 1.67 bits per heavy atom. The smallest absolute Gasteiger partial charge is 0.256 e. The van der Waals surface area contributed by atoms with Crippen LogP contribution >= 0.6 is 0 Å². The number of amides is 1. The second kappa shape index (κ2) is 5.99. The van der Waals surface area contributed by atoms with Gasteiger partial charge in [0.2, 0.25) is 0 Å². The van der Waals surface area contributed by atoms with E-state index in [1.54, 1.807) is 13.0 Å². The van der Waals surface area contributed by atoms with Crippen molar-refractivity contribution in [3.63, 3.8) is 0 Å². The van der Waals surface area contributed by atoms with Crippen molar-refractivity contribution in [3.05, 3.63) is 70.5 Å². The maximum atomic E-state index is 13.7. The van der Waals surface area contributed by atoms with Crippen LogP contribution in [0.5, 0.6) is 0 Å². The average Bonchev–Trinajstić information content (AvgIpc) is 2.44. The van der Waals surface area contributed by atoms with Crippen molar-refractivity contribution >= 4 is 5.91 Å². The van der Waals surface area contributed by atoms with E-state index in [1.165, 1.54) is 30.1 Å². The van der Waals surface area contributed by atoms with Crippen molar-refractivity contribution < 1.29 is 18.0 Å². The molecule has 0 fully saturated rings. The number of nitrogens with zero attached hydrogens (tertiary/aromatic N) is 1. The van der Waals surface area contributed by atoms with Crippen molar-refractivity contribution in [1.29, 1.82) is 0 Å². The van der Waals surface area contributed by atoms with Crippen LogP contribution in [-0.2, 0) is 6.54 Å². The Bertz CT molecular complexity index is 685. The quantitative estimate of drug-likeness (QED) is 0.845. The highest BCUT2D eigenvalue weighted by Crippen LogP contribution is 2.15. The number of halogens is 3. The molecule has 21 heavy (non-hydrogen) atoms. The first-order valence-corrected chi connectivity index (χ1v) is 6.34. The number of hydrogen-bond acceptors (Lipinski definition) is 1. The summed E-state index contributed by atoms with van der Waals surface area (Å²) in [7, 11) is 1.48. The third-order valence-corrected chi connectivity index (χ3v) is 3.10. The second-order valence-electron chi connectivity index (χ2n) is 4.89. The fourth-order valence-corrected chi connectivity index (χ4v) is 1.99. The molecule has 0 radical (unpaired) electrons. The monoisotopic (exact) mass is 293 g/mol. The van der Waals surface area contributed by atoms with Gasteiger partial charge in [0.05, 0.1) is 5.56 Å². The van der Waals surface area contributed by atoms with Gasteiger partial charge in [0.1, 0.15) is 5.82 Å². The van der Waals surface area contributed by atoms with E-state index in [0.717, 1.165) is 17.7 Å². The molecule has 2 aromatic rings. The molecule has 0 atom stereocenters. The van der Waals surface area contributed by atoms with E-state index in [-0.39, 0.29) is 12.1 Å². The van der Waals surface area contributed by atoms with Gasteiger partial charge in [-0.1, -0.05) is 17.7 Å². The normalized spacial score (nSPS) is 10.5. The summed E-state index contributed by atoms with van der Waals surface area (Å²) in [4.78, 5) is 13.4. The third-order valence-electron chi connectivity index (χ3n) is 3.10. The summed E-state index contributed by atoms with van der Waals surface area (Å²) in [5.74, 6) is -3.05. The van der Waals surface area contributed by atoms with Gasteiger partial charge < -0.3 is 4.90 Å². The van der Waals surface area contributed by atoms with Crippen LogP contribution < -0.4 is 0 Å². The van der Waals surface area contributed by atoms with E-state index in [0.29, 0.717) is 5.56 Å². The molecule has 0 unspecified atom stereocenters. The van der Waals surface area contributed by atoms with Gasteiger partial charge in [-0.2, -0.15) is 0 Å². The van der Waals surface area contributed by atoms with E-state index < -0.39 is 23.4 Å². The SMILES string of the molecule is Cc1ccc(F)c(C(=O)N(C)Cc2ccc(F)c(F)c2)c1. The van der Waals surface area contributed by atoms with Crippen molar-refractivity contribution in [2.75, 3.05) is 7.05 Å². The molecule has 0 N–H and O–H groups in total. The predicted octanol–water partition coefficient (Wildman–Crippen LogP) is 3.68. The van der Waals surface area contributed by atoms with Gasteiger partial charge in [0.15, 0.2) is 11.6 Å². The highest BCUT2D eigenvalue weighted by molar-refractivity contribution is 5.94. The van der Waals surface area contributed by atoms with Crippen LogP contribution in [0, 0.1) is 24.4 Å². The summed E-state index contributed by atoms with van der Waals surface area (Å²) < 4.78 is 39.7. The molecule has 0 heterocycles. The Balaban J connectivity index is 2.19. The van der Waals surface area contributed by atoms with Crippen LogP contribution in [0.4, 0.5) is 13.2 Å². The minimum Gasteiger partial charge on any atom is -0.337 e. The number of hydrogen-bond donors (Lipinski definition) is 0. The number of rotatable bonds is 3. The second-order valence-corrected chi connectivity index (χ2v) is 4.89. The molecule has 2 rings (SSSR count). The van der Waals surface area contributed by atoms with Crippen molar-refractivity contribution in [2.24, 2.45) is 0 Å². The van der Waals surface area contributed by atoms with Crippen molar-refractivity contribution in [1.82, 2.24) is 4.90 Å². The molecule has 0 saturated carbocycles. The van der Waals surface area contributed by atoms with E-state index in [2.05, 4.69) is 0 Å². The number of carbonyl (C=O) groups is 1. The van der Waals surface area contributed by atoms with Crippen LogP contribution in [0.1, 0.15) is 21.5 Å². The fraction of sp³-hybridized carbons (Fsp3) is 0.188. The Morgan fingerprint density at radius 1 is 1.00 bits per heavy atom. The number of carbonyl (C=O) groups excluding carboxylic acids is 1. The average molecular weight is 293 g/mol. The van der Waals surface area contributed by atoms with E-state index in [9.17, 15) is 18.0 Å².